The predicted molar refractivity (Wildman–Crippen MR) is 84.3 cm³/mol. The van der Waals surface area contributed by atoms with Gasteiger partial charge in [-0.3, -0.25) is 4.79 Å². The molecule has 0 radical (unpaired) electrons. The summed E-state index contributed by atoms with van der Waals surface area (Å²) in [5.41, 5.74) is 1.09. The van der Waals surface area contributed by atoms with Crippen LogP contribution >= 0.6 is 0 Å². The van der Waals surface area contributed by atoms with Gasteiger partial charge in [0.1, 0.15) is 5.75 Å². The van der Waals surface area contributed by atoms with Gasteiger partial charge in [-0.25, -0.2) is 0 Å². The Bertz CT molecular complexity index is 445. The second-order valence-corrected chi connectivity index (χ2v) is 5.92. The predicted octanol–water partition coefficient (Wildman–Crippen LogP) is 2.43. The lowest BCUT2D eigenvalue weighted by Gasteiger charge is -2.30. The fraction of sp³-hybridized carbons (Fsp3) is 0.588. The molecule has 0 bridgehead atoms. The molecule has 1 unspecified atom stereocenters. The molecular weight excluding hydrogens is 264 g/mol. The lowest BCUT2D eigenvalue weighted by molar-refractivity contribution is -0.121. The van der Waals surface area contributed by atoms with Crippen LogP contribution in [0, 0.1) is 5.92 Å². The number of amides is 1. The second-order valence-electron chi connectivity index (χ2n) is 5.92. The van der Waals surface area contributed by atoms with Crippen molar-refractivity contribution in [1.82, 2.24) is 10.2 Å². The summed E-state index contributed by atoms with van der Waals surface area (Å²) in [7, 11) is 1.65. The second kappa shape index (κ2) is 8.03. The Morgan fingerprint density at radius 3 is 2.81 bits per heavy atom. The maximum Gasteiger partial charge on any atom is 0.221 e. The molecule has 21 heavy (non-hydrogen) atoms. The van der Waals surface area contributed by atoms with Gasteiger partial charge in [0, 0.05) is 26.1 Å². The van der Waals surface area contributed by atoms with Crippen LogP contribution in [-0.4, -0.2) is 37.6 Å². The third-order valence-electron chi connectivity index (χ3n) is 4.04. The van der Waals surface area contributed by atoms with Crippen molar-refractivity contribution in [2.24, 2.45) is 5.92 Å². The van der Waals surface area contributed by atoms with E-state index in [-0.39, 0.29) is 5.91 Å². The lowest BCUT2D eigenvalue weighted by atomic mass is 10.0. The summed E-state index contributed by atoms with van der Waals surface area (Å²) in [6, 6.07) is 7.78. The zero-order chi connectivity index (χ0) is 15.1. The van der Waals surface area contributed by atoms with Crippen LogP contribution in [0.1, 0.15) is 31.7 Å². The smallest absolute Gasteiger partial charge is 0.221 e. The average molecular weight is 290 g/mol. The van der Waals surface area contributed by atoms with Crippen LogP contribution in [0.3, 0.4) is 0 Å². The molecule has 4 heteroatoms. The number of benzene rings is 1. The molecule has 1 aromatic rings. The maximum atomic E-state index is 11.9. The Morgan fingerprint density at radius 1 is 1.38 bits per heavy atom. The minimum atomic E-state index is 0.129. The number of piperidine rings is 1. The maximum absolute atomic E-state index is 11.9. The van der Waals surface area contributed by atoms with Gasteiger partial charge in [-0.1, -0.05) is 19.1 Å². The van der Waals surface area contributed by atoms with Crippen LogP contribution in [-0.2, 0) is 11.3 Å². The standard InChI is InChI=1S/C17H26N2O2/c1-14-4-3-10-19(13-14)11-9-17(20)18-12-15-5-7-16(21-2)8-6-15/h5-8,14H,3-4,9-13H2,1-2H3,(H,18,20). The van der Waals surface area contributed by atoms with Crippen molar-refractivity contribution in [3.8, 4) is 5.75 Å². The zero-order valence-corrected chi connectivity index (χ0v) is 13.1. The number of hydrogen-bond donors (Lipinski definition) is 1. The highest BCUT2D eigenvalue weighted by Crippen LogP contribution is 2.15. The number of carbonyl (C=O) groups is 1. The molecule has 1 heterocycles. The van der Waals surface area contributed by atoms with Crippen LogP contribution in [0.4, 0.5) is 0 Å². The van der Waals surface area contributed by atoms with Crippen molar-refractivity contribution in [3.05, 3.63) is 29.8 Å². The quantitative estimate of drug-likeness (QED) is 0.875. The fourth-order valence-corrected chi connectivity index (χ4v) is 2.78. The Morgan fingerprint density at radius 2 is 2.14 bits per heavy atom. The number of hydrogen-bond acceptors (Lipinski definition) is 3. The number of rotatable bonds is 6. The van der Waals surface area contributed by atoms with Crippen molar-refractivity contribution in [1.29, 1.82) is 0 Å². The SMILES string of the molecule is COc1ccc(CNC(=O)CCN2CCCC(C)C2)cc1. The molecule has 1 saturated heterocycles. The Balaban J connectivity index is 1.67. The first kappa shape index (κ1) is 15.8. The molecule has 0 aromatic heterocycles. The molecule has 1 amide bonds. The van der Waals surface area contributed by atoms with Gasteiger partial charge in [-0.2, -0.15) is 0 Å². The summed E-state index contributed by atoms with van der Waals surface area (Å²) in [5, 5.41) is 2.98. The summed E-state index contributed by atoms with van der Waals surface area (Å²) in [4.78, 5) is 14.3. The first-order valence-corrected chi connectivity index (χ1v) is 7.79. The van der Waals surface area contributed by atoms with E-state index >= 15 is 0 Å². The van der Waals surface area contributed by atoms with E-state index in [9.17, 15) is 4.79 Å². The molecule has 1 N–H and O–H groups in total. The zero-order valence-electron chi connectivity index (χ0n) is 13.1. The molecule has 1 aromatic carbocycles. The van der Waals surface area contributed by atoms with E-state index in [0.29, 0.717) is 13.0 Å². The summed E-state index contributed by atoms with van der Waals surface area (Å²) in [6.07, 6.45) is 3.16. The van der Waals surface area contributed by atoms with E-state index in [4.69, 9.17) is 4.74 Å². The van der Waals surface area contributed by atoms with Crippen LogP contribution in [0.2, 0.25) is 0 Å². The van der Waals surface area contributed by atoms with Crippen LogP contribution in [0.5, 0.6) is 5.75 Å². The van der Waals surface area contributed by atoms with E-state index in [1.807, 2.05) is 24.3 Å². The van der Waals surface area contributed by atoms with E-state index in [2.05, 4.69) is 17.1 Å². The number of methoxy groups -OCH3 is 1. The van der Waals surface area contributed by atoms with Crippen molar-refractivity contribution in [2.45, 2.75) is 32.7 Å². The third kappa shape index (κ3) is 5.38. The van der Waals surface area contributed by atoms with Gasteiger partial charge in [0.15, 0.2) is 0 Å². The number of nitrogens with zero attached hydrogens (tertiary/aromatic N) is 1. The summed E-state index contributed by atoms with van der Waals surface area (Å²) in [6.45, 7) is 6.01. The minimum Gasteiger partial charge on any atom is -0.497 e. The van der Waals surface area contributed by atoms with E-state index in [1.54, 1.807) is 7.11 Å². The van der Waals surface area contributed by atoms with E-state index in [1.165, 1.54) is 12.8 Å². The van der Waals surface area contributed by atoms with Gasteiger partial charge < -0.3 is 15.0 Å². The highest BCUT2D eigenvalue weighted by Gasteiger charge is 2.16. The van der Waals surface area contributed by atoms with E-state index < -0.39 is 0 Å². The lowest BCUT2D eigenvalue weighted by Crippen LogP contribution is -2.37. The van der Waals surface area contributed by atoms with E-state index in [0.717, 1.165) is 36.9 Å². The molecule has 1 fully saturated rings. The molecule has 1 aliphatic rings. The van der Waals surface area contributed by atoms with Crippen molar-refractivity contribution >= 4 is 5.91 Å². The Hall–Kier alpha value is -1.55. The average Bonchev–Trinajstić information content (AvgIpc) is 2.51. The van der Waals surface area contributed by atoms with Crippen LogP contribution in [0.25, 0.3) is 0 Å². The van der Waals surface area contributed by atoms with Gasteiger partial charge in [0.25, 0.3) is 0 Å². The van der Waals surface area contributed by atoms with Crippen molar-refractivity contribution < 1.29 is 9.53 Å². The summed E-state index contributed by atoms with van der Waals surface area (Å²) in [5.74, 6) is 1.73. The molecule has 1 aliphatic heterocycles. The first-order valence-electron chi connectivity index (χ1n) is 7.79. The summed E-state index contributed by atoms with van der Waals surface area (Å²) >= 11 is 0. The molecular formula is C17H26N2O2. The number of carbonyl (C=O) groups excluding carboxylic acids is 1. The monoisotopic (exact) mass is 290 g/mol. The molecule has 2 rings (SSSR count). The van der Waals surface area contributed by atoms with Gasteiger partial charge in [-0.05, 0) is 43.0 Å². The van der Waals surface area contributed by atoms with Crippen molar-refractivity contribution in [3.63, 3.8) is 0 Å². The normalized spacial score (nSPS) is 19.2. The van der Waals surface area contributed by atoms with Crippen LogP contribution < -0.4 is 10.1 Å². The van der Waals surface area contributed by atoms with Gasteiger partial charge in [0.2, 0.25) is 5.91 Å². The summed E-state index contributed by atoms with van der Waals surface area (Å²) < 4.78 is 5.12. The largest absolute Gasteiger partial charge is 0.497 e. The molecule has 116 valence electrons. The molecule has 0 aliphatic carbocycles. The minimum absolute atomic E-state index is 0.129. The molecule has 0 spiro atoms. The highest BCUT2D eigenvalue weighted by atomic mass is 16.5. The Labute approximate surface area is 127 Å². The highest BCUT2D eigenvalue weighted by molar-refractivity contribution is 5.76. The van der Waals surface area contributed by atoms with Gasteiger partial charge >= 0.3 is 0 Å². The fourth-order valence-electron chi connectivity index (χ4n) is 2.78. The Kier molecular flexibility index (Phi) is 6.05. The molecule has 4 nitrogen and oxygen atoms in total. The first-order chi connectivity index (χ1) is 10.2. The van der Waals surface area contributed by atoms with Gasteiger partial charge in [0.05, 0.1) is 7.11 Å². The molecule has 1 atom stereocenters. The number of nitrogens with one attached hydrogen (secondary N) is 1. The van der Waals surface area contributed by atoms with Crippen LogP contribution in [0.15, 0.2) is 24.3 Å². The topological polar surface area (TPSA) is 41.6 Å². The number of likely N-dealkylation sites (tertiary alicyclic amines) is 1. The third-order valence-corrected chi connectivity index (χ3v) is 4.04. The van der Waals surface area contributed by atoms with Gasteiger partial charge in [-0.15, -0.1) is 0 Å². The molecule has 0 saturated carbocycles. The number of ether oxygens (including phenoxy) is 1. The van der Waals surface area contributed by atoms with Crippen molar-refractivity contribution in [2.75, 3.05) is 26.7 Å².